The summed E-state index contributed by atoms with van der Waals surface area (Å²) in [7, 11) is -3.09. The first kappa shape index (κ1) is 12.5. The van der Waals surface area contributed by atoms with Gasteiger partial charge < -0.3 is 5.11 Å². The van der Waals surface area contributed by atoms with E-state index in [1.54, 1.807) is 24.3 Å². The highest BCUT2D eigenvalue weighted by Crippen LogP contribution is 2.19. The monoisotopic (exact) mass is 248 g/mol. The quantitative estimate of drug-likeness (QED) is 0.878. The van der Waals surface area contributed by atoms with E-state index in [2.05, 4.69) is 0 Å². The molecule has 15 heavy (non-hydrogen) atoms. The molecule has 1 aromatic rings. The van der Waals surface area contributed by atoms with Crippen LogP contribution >= 0.6 is 11.6 Å². The molecule has 84 valence electrons. The zero-order valence-electron chi connectivity index (χ0n) is 8.35. The molecule has 3 nitrogen and oxygen atoms in total. The first-order chi connectivity index (χ1) is 6.92. The van der Waals surface area contributed by atoms with Gasteiger partial charge in [-0.3, -0.25) is 0 Å². The number of halogens is 1. The summed E-state index contributed by atoms with van der Waals surface area (Å²) >= 11 is 5.71. The van der Waals surface area contributed by atoms with Crippen molar-refractivity contribution in [3.8, 4) is 0 Å². The van der Waals surface area contributed by atoms with Gasteiger partial charge in [-0.1, -0.05) is 23.7 Å². The van der Waals surface area contributed by atoms with E-state index in [1.807, 2.05) is 0 Å². The summed E-state index contributed by atoms with van der Waals surface area (Å²) < 4.78 is 22.2. The minimum absolute atomic E-state index is 0.0505. The number of aliphatic hydroxyl groups is 1. The van der Waals surface area contributed by atoms with Crippen LogP contribution in [0, 0.1) is 0 Å². The molecule has 0 saturated carbocycles. The SMILES string of the molecule is CS(=O)(=O)CC(CO)c1ccc(Cl)cc1. The van der Waals surface area contributed by atoms with E-state index < -0.39 is 9.84 Å². The number of hydrogen-bond acceptors (Lipinski definition) is 3. The molecule has 1 atom stereocenters. The lowest BCUT2D eigenvalue weighted by Gasteiger charge is -2.13. The van der Waals surface area contributed by atoms with Gasteiger partial charge in [0, 0.05) is 17.2 Å². The van der Waals surface area contributed by atoms with E-state index in [0.717, 1.165) is 11.8 Å². The minimum atomic E-state index is -3.09. The third-order valence-electron chi connectivity index (χ3n) is 2.07. The molecule has 0 spiro atoms. The topological polar surface area (TPSA) is 54.4 Å². The van der Waals surface area contributed by atoms with Crippen molar-refractivity contribution in [3.63, 3.8) is 0 Å². The molecule has 5 heteroatoms. The van der Waals surface area contributed by atoms with E-state index >= 15 is 0 Å². The van der Waals surface area contributed by atoms with E-state index in [-0.39, 0.29) is 18.3 Å². The molecule has 0 bridgehead atoms. The van der Waals surface area contributed by atoms with Gasteiger partial charge in [0.1, 0.15) is 9.84 Å². The van der Waals surface area contributed by atoms with Gasteiger partial charge in [-0.05, 0) is 17.7 Å². The van der Waals surface area contributed by atoms with Crippen molar-refractivity contribution >= 4 is 21.4 Å². The maximum Gasteiger partial charge on any atom is 0.148 e. The molecule has 1 aromatic carbocycles. The zero-order valence-corrected chi connectivity index (χ0v) is 9.92. The average molecular weight is 249 g/mol. The fourth-order valence-electron chi connectivity index (χ4n) is 1.35. The molecule has 1 N–H and O–H groups in total. The molecular weight excluding hydrogens is 236 g/mol. The first-order valence-corrected chi connectivity index (χ1v) is 6.90. The molecule has 0 aromatic heterocycles. The normalized spacial score (nSPS) is 13.8. The highest BCUT2D eigenvalue weighted by molar-refractivity contribution is 7.90. The summed E-state index contributed by atoms with van der Waals surface area (Å²) in [5.74, 6) is -0.428. The Hall–Kier alpha value is -0.580. The number of rotatable bonds is 4. The van der Waals surface area contributed by atoms with Gasteiger partial charge in [-0.2, -0.15) is 0 Å². The van der Waals surface area contributed by atoms with E-state index in [0.29, 0.717) is 5.02 Å². The Bertz CT molecular complexity index is 411. The molecule has 0 saturated heterocycles. The van der Waals surface area contributed by atoms with Crippen LogP contribution in [0.4, 0.5) is 0 Å². The average Bonchev–Trinajstić information content (AvgIpc) is 2.14. The number of benzene rings is 1. The summed E-state index contributed by atoms with van der Waals surface area (Å²) in [5, 5.41) is 9.71. The van der Waals surface area contributed by atoms with Crippen molar-refractivity contribution < 1.29 is 13.5 Å². The standard InChI is InChI=1S/C10H13ClO3S/c1-15(13,14)7-9(6-12)8-2-4-10(11)5-3-8/h2-5,9,12H,6-7H2,1H3. The summed E-state index contributed by atoms with van der Waals surface area (Å²) in [5.41, 5.74) is 0.785. The second kappa shape index (κ2) is 4.96. The van der Waals surface area contributed by atoms with Gasteiger partial charge >= 0.3 is 0 Å². The van der Waals surface area contributed by atoms with Crippen LogP contribution in [0.25, 0.3) is 0 Å². The Balaban J connectivity index is 2.88. The number of aliphatic hydroxyl groups excluding tert-OH is 1. The van der Waals surface area contributed by atoms with Crippen LogP contribution < -0.4 is 0 Å². The highest BCUT2D eigenvalue weighted by Gasteiger charge is 2.16. The molecule has 1 rings (SSSR count). The molecule has 0 amide bonds. The van der Waals surface area contributed by atoms with E-state index in [4.69, 9.17) is 16.7 Å². The van der Waals surface area contributed by atoms with Gasteiger partial charge in [0.2, 0.25) is 0 Å². The first-order valence-electron chi connectivity index (χ1n) is 4.46. The second-order valence-electron chi connectivity index (χ2n) is 3.52. The van der Waals surface area contributed by atoms with Crippen LogP contribution in [0.5, 0.6) is 0 Å². The van der Waals surface area contributed by atoms with Crippen molar-refractivity contribution in [3.05, 3.63) is 34.9 Å². The third kappa shape index (κ3) is 4.20. The van der Waals surface area contributed by atoms with Crippen LogP contribution in [0.15, 0.2) is 24.3 Å². The zero-order chi connectivity index (χ0) is 11.5. The summed E-state index contributed by atoms with van der Waals surface area (Å²) in [6.07, 6.45) is 1.16. The molecule has 0 aliphatic heterocycles. The maximum atomic E-state index is 11.1. The molecule has 1 unspecified atom stereocenters. The lowest BCUT2D eigenvalue weighted by molar-refractivity contribution is 0.273. The van der Waals surface area contributed by atoms with E-state index in [9.17, 15) is 8.42 Å². The Kier molecular flexibility index (Phi) is 4.13. The maximum absolute atomic E-state index is 11.1. The molecule has 0 radical (unpaired) electrons. The summed E-state index contributed by atoms with van der Waals surface area (Å²) in [4.78, 5) is 0. The summed E-state index contributed by atoms with van der Waals surface area (Å²) in [6, 6.07) is 6.83. The molecular formula is C10H13ClO3S. The predicted octanol–water partition coefficient (Wildman–Crippen LogP) is 1.46. The fraction of sp³-hybridized carbons (Fsp3) is 0.400. The van der Waals surface area contributed by atoms with Crippen molar-refractivity contribution in [2.75, 3.05) is 18.6 Å². The van der Waals surface area contributed by atoms with Gasteiger partial charge in [0.25, 0.3) is 0 Å². The number of sulfone groups is 1. The Morgan fingerprint density at radius 1 is 1.33 bits per heavy atom. The molecule has 0 aliphatic rings. The van der Waals surface area contributed by atoms with Gasteiger partial charge in [0.15, 0.2) is 0 Å². The van der Waals surface area contributed by atoms with Crippen molar-refractivity contribution in [2.24, 2.45) is 0 Å². The van der Waals surface area contributed by atoms with Crippen molar-refractivity contribution in [1.82, 2.24) is 0 Å². The van der Waals surface area contributed by atoms with Crippen LogP contribution in [0.1, 0.15) is 11.5 Å². The van der Waals surface area contributed by atoms with Gasteiger partial charge in [-0.25, -0.2) is 8.42 Å². The highest BCUT2D eigenvalue weighted by atomic mass is 35.5. The molecule has 0 fully saturated rings. The third-order valence-corrected chi connectivity index (χ3v) is 3.33. The predicted molar refractivity (Wildman–Crippen MR) is 61.0 cm³/mol. The van der Waals surface area contributed by atoms with E-state index in [1.165, 1.54) is 0 Å². The van der Waals surface area contributed by atoms with Gasteiger partial charge in [0.05, 0.1) is 12.4 Å². The van der Waals surface area contributed by atoms with Crippen molar-refractivity contribution in [2.45, 2.75) is 5.92 Å². The minimum Gasteiger partial charge on any atom is -0.396 e. The molecule has 0 heterocycles. The molecule has 0 aliphatic carbocycles. The summed E-state index contributed by atoms with van der Waals surface area (Å²) in [6.45, 7) is -0.186. The lowest BCUT2D eigenvalue weighted by Crippen LogP contribution is -2.16. The largest absolute Gasteiger partial charge is 0.396 e. The Morgan fingerprint density at radius 3 is 2.27 bits per heavy atom. The lowest BCUT2D eigenvalue weighted by atomic mass is 10.0. The van der Waals surface area contributed by atoms with Gasteiger partial charge in [-0.15, -0.1) is 0 Å². The fourth-order valence-corrected chi connectivity index (χ4v) is 2.51. The van der Waals surface area contributed by atoms with Crippen LogP contribution in [0.3, 0.4) is 0 Å². The Labute approximate surface area is 94.6 Å². The number of hydrogen-bond donors (Lipinski definition) is 1. The second-order valence-corrected chi connectivity index (χ2v) is 6.14. The Morgan fingerprint density at radius 2 is 1.87 bits per heavy atom. The van der Waals surface area contributed by atoms with Crippen molar-refractivity contribution in [1.29, 1.82) is 0 Å². The van der Waals surface area contributed by atoms with Crippen LogP contribution in [-0.4, -0.2) is 32.1 Å². The smallest absolute Gasteiger partial charge is 0.148 e. The van der Waals surface area contributed by atoms with Crippen LogP contribution in [-0.2, 0) is 9.84 Å². The van der Waals surface area contributed by atoms with Crippen LogP contribution in [0.2, 0.25) is 5.02 Å².